The van der Waals surface area contributed by atoms with Crippen molar-refractivity contribution in [3.8, 4) is 0 Å². The lowest BCUT2D eigenvalue weighted by Gasteiger charge is -2.06. The van der Waals surface area contributed by atoms with Crippen LogP contribution in [0.4, 0.5) is 5.69 Å². The van der Waals surface area contributed by atoms with Crippen molar-refractivity contribution in [3.63, 3.8) is 0 Å². The quantitative estimate of drug-likeness (QED) is 0.371. The first-order valence-electron chi connectivity index (χ1n) is 9.02. The molecule has 0 heterocycles. The summed E-state index contributed by atoms with van der Waals surface area (Å²) in [5.74, 6) is -0.122. The van der Waals surface area contributed by atoms with E-state index < -0.39 is 0 Å². The Kier molecular flexibility index (Phi) is 6.93. The zero-order valence-corrected chi connectivity index (χ0v) is 16.9. The van der Waals surface area contributed by atoms with Crippen molar-refractivity contribution in [2.24, 2.45) is 0 Å². The molecule has 3 aromatic carbocycles. The van der Waals surface area contributed by atoms with Gasteiger partial charge in [0.1, 0.15) is 0 Å². The Morgan fingerprint density at radius 1 is 0.857 bits per heavy atom. The first-order chi connectivity index (χ1) is 13.6. The largest absolute Gasteiger partial charge is 0.326 e. The van der Waals surface area contributed by atoms with Gasteiger partial charge >= 0.3 is 0 Å². The highest BCUT2D eigenvalue weighted by Crippen LogP contribution is 2.14. The molecule has 0 saturated heterocycles. The van der Waals surface area contributed by atoms with Crippen molar-refractivity contribution in [2.75, 3.05) is 5.32 Å². The predicted molar refractivity (Wildman–Crippen MR) is 117 cm³/mol. The standard InChI is InChI=1S/C24H20BrNO2/c25-21-12-6-19(7-13-21)8-16-23(27)20-10-14-22(15-11-20)26-24(28)17-9-18-4-2-1-3-5-18/h1-8,10-16H,9,17H2,(H,26,28). The summed E-state index contributed by atoms with van der Waals surface area (Å²) in [6.07, 6.45) is 4.45. The van der Waals surface area contributed by atoms with E-state index in [0.29, 0.717) is 24.1 Å². The third-order valence-electron chi connectivity index (χ3n) is 4.23. The van der Waals surface area contributed by atoms with E-state index in [0.717, 1.165) is 15.6 Å². The maximum Gasteiger partial charge on any atom is 0.224 e. The van der Waals surface area contributed by atoms with Crippen LogP contribution in [0, 0.1) is 0 Å². The molecular formula is C24H20BrNO2. The number of benzene rings is 3. The minimum atomic E-state index is -0.0788. The Balaban J connectivity index is 1.53. The third kappa shape index (κ3) is 6.03. The summed E-state index contributed by atoms with van der Waals surface area (Å²) in [5, 5.41) is 2.87. The lowest BCUT2D eigenvalue weighted by atomic mass is 10.1. The third-order valence-corrected chi connectivity index (χ3v) is 4.76. The van der Waals surface area contributed by atoms with E-state index in [1.165, 1.54) is 0 Å². The summed E-state index contributed by atoms with van der Waals surface area (Å²) in [4.78, 5) is 24.4. The van der Waals surface area contributed by atoms with Gasteiger partial charge < -0.3 is 5.32 Å². The van der Waals surface area contributed by atoms with Crippen LogP contribution in [-0.4, -0.2) is 11.7 Å². The van der Waals surface area contributed by atoms with Crippen LogP contribution < -0.4 is 5.32 Å². The van der Waals surface area contributed by atoms with Gasteiger partial charge in [0, 0.05) is 22.1 Å². The molecule has 0 saturated carbocycles. The van der Waals surface area contributed by atoms with Gasteiger partial charge in [-0.3, -0.25) is 9.59 Å². The molecule has 1 amide bonds. The van der Waals surface area contributed by atoms with Gasteiger partial charge in [-0.25, -0.2) is 0 Å². The molecule has 0 bridgehead atoms. The summed E-state index contributed by atoms with van der Waals surface area (Å²) >= 11 is 3.39. The average molecular weight is 434 g/mol. The summed E-state index contributed by atoms with van der Waals surface area (Å²) in [7, 11) is 0. The zero-order valence-electron chi connectivity index (χ0n) is 15.3. The van der Waals surface area contributed by atoms with Gasteiger partial charge in [-0.15, -0.1) is 0 Å². The highest BCUT2D eigenvalue weighted by molar-refractivity contribution is 9.10. The lowest BCUT2D eigenvalue weighted by molar-refractivity contribution is -0.116. The number of amides is 1. The Hall–Kier alpha value is -2.98. The Labute approximate surface area is 173 Å². The van der Waals surface area contributed by atoms with Gasteiger partial charge in [0.05, 0.1) is 0 Å². The summed E-state index contributed by atoms with van der Waals surface area (Å²) < 4.78 is 0.998. The fraction of sp³-hybridized carbons (Fsp3) is 0.0833. The van der Waals surface area contributed by atoms with Crippen LogP contribution in [0.2, 0.25) is 0 Å². The molecule has 3 nitrogen and oxygen atoms in total. The van der Waals surface area contributed by atoms with E-state index in [1.54, 1.807) is 36.4 Å². The molecule has 0 atom stereocenters. The van der Waals surface area contributed by atoms with Crippen molar-refractivity contribution in [2.45, 2.75) is 12.8 Å². The SMILES string of the molecule is O=C(CCc1ccccc1)Nc1ccc(C(=O)C=Cc2ccc(Br)cc2)cc1. The van der Waals surface area contributed by atoms with Crippen LogP contribution in [0.25, 0.3) is 6.08 Å². The molecule has 3 rings (SSSR count). The van der Waals surface area contributed by atoms with Crippen molar-refractivity contribution in [1.29, 1.82) is 0 Å². The van der Waals surface area contributed by atoms with Gasteiger partial charge in [-0.1, -0.05) is 64.5 Å². The number of anilines is 1. The van der Waals surface area contributed by atoms with Gasteiger partial charge in [-0.05, 0) is 60.0 Å². The summed E-state index contributed by atoms with van der Waals surface area (Å²) in [6.45, 7) is 0. The molecule has 28 heavy (non-hydrogen) atoms. The van der Waals surface area contributed by atoms with Crippen LogP contribution >= 0.6 is 15.9 Å². The number of nitrogens with one attached hydrogen (secondary N) is 1. The zero-order chi connectivity index (χ0) is 19.8. The van der Waals surface area contributed by atoms with Gasteiger partial charge in [0.2, 0.25) is 5.91 Å². The van der Waals surface area contributed by atoms with E-state index in [4.69, 9.17) is 0 Å². The van der Waals surface area contributed by atoms with Gasteiger partial charge in [0.25, 0.3) is 0 Å². The fourth-order valence-corrected chi connectivity index (χ4v) is 2.95. The maximum absolute atomic E-state index is 12.3. The second kappa shape index (κ2) is 9.81. The molecule has 0 aliphatic heterocycles. The van der Waals surface area contributed by atoms with Crippen LogP contribution in [0.3, 0.4) is 0 Å². The smallest absolute Gasteiger partial charge is 0.224 e. The van der Waals surface area contributed by atoms with Crippen molar-refractivity contribution < 1.29 is 9.59 Å². The highest BCUT2D eigenvalue weighted by atomic mass is 79.9. The summed E-state index contributed by atoms with van der Waals surface area (Å²) in [5.41, 5.74) is 3.36. The molecule has 140 valence electrons. The number of ketones is 1. The molecule has 0 aliphatic carbocycles. The van der Waals surface area contributed by atoms with Crippen LogP contribution in [0.15, 0.2) is 89.4 Å². The molecule has 4 heteroatoms. The maximum atomic E-state index is 12.3. The molecule has 0 radical (unpaired) electrons. The molecule has 0 unspecified atom stereocenters. The minimum Gasteiger partial charge on any atom is -0.326 e. The number of hydrogen-bond donors (Lipinski definition) is 1. The topological polar surface area (TPSA) is 46.2 Å². The molecule has 0 fully saturated rings. The normalized spacial score (nSPS) is 10.8. The Bertz CT molecular complexity index is 962. The Morgan fingerprint density at radius 3 is 2.21 bits per heavy atom. The second-order valence-electron chi connectivity index (χ2n) is 6.36. The average Bonchev–Trinajstić information content (AvgIpc) is 2.73. The molecular weight excluding hydrogens is 414 g/mol. The van der Waals surface area contributed by atoms with Crippen molar-refractivity contribution >= 4 is 39.4 Å². The molecule has 0 aromatic heterocycles. The number of carbonyl (C=O) groups is 2. The number of rotatable bonds is 7. The van der Waals surface area contributed by atoms with E-state index >= 15 is 0 Å². The minimum absolute atomic E-state index is 0.0435. The number of carbonyl (C=O) groups excluding carboxylic acids is 2. The second-order valence-corrected chi connectivity index (χ2v) is 7.28. The van der Waals surface area contributed by atoms with Crippen molar-refractivity contribution in [1.82, 2.24) is 0 Å². The predicted octanol–water partition coefficient (Wildman–Crippen LogP) is 5.92. The number of halogens is 1. The van der Waals surface area contributed by atoms with Gasteiger partial charge in [0.15, 0.2) is 5.78 Å². The lowest BCUT2D eigenvalue weighted by Crippen LogP contribution is -2.12. The number of allylic oxidation sites excluding steroid dienone is 1. The molecule has 0 spiro atoms. The summed E-state index contributed by atoms with van der Waals surface area (Å²) in [6, 6.07) is 24.6. The molecule has 0 aliphatic rings. The van der Waals surface area contributed by atoms with E-state index in [-0.39, 0.29) is 11.7 Å². The van der Waals surface area contributed by atoms with Crippen molar-refractivity contribution in [3.05, 3.63) is 106 Å². The first-order valence-corrected chi connectivity index (χ1v) is 9.81. The first kappa shape index (κ1) is 19.8. The van der Waals surface area contributed by atoms with E-state index in [1.807, 2.05) is 54.6 Å². The van der Waals surface area contributed by atoms with E-state index in [9.17, 15) is 9.59 Å². The molecule has 1 N–H and O–H groups in total. The van der Waals surface area contributed by atoms with Crippen LogP contribution in [-0.2, 0) is 11.2 Å². The molecule has 3 aromatic rings. The number of hydrogen-bond acceptors (Lipinski definition) is 2. The highest BCUT2D eigenvalue weighted by Gasteiger charge is 2.05. The van der Waals surface area contributed by atoms with Crippen LogP contribution in [0.5, 0.6) is 0 Å². The van der Waals surface area contributed by atoms with Gasteiger partial charge in [-0.2, -0.15) is 0 Å². The van der Waals surface area contributed by atoms with Crippen LogP contribution in [0.1, 0.15) is 27.9 Å². The Morgan fingerprint density at radius 2 is 1.54 bits per heavy atom. The fourth-order valence-electron chi connectivity index (χ4n) is 2.69. The van der Waals surface area contributed by atoms with E-state index in [2.05, 4.69) is 21.2 Å². The number of aryl methyl sites for hydroxylation is 1. The monoisotopic (exact) mass is 433 g/mol.